The lowest BCUT2D eigenvalue weighted by atomic mass is 10.1. The Kier molecular flexibility index (Phi) is 5.05. The molecule has 0 saturated carbocycles. The molecule has 134 valence electrons. The molecular weight excluding hydrogens is 357 g/mol. The number of aliphatic imine (C=N–C) groups is 1. The minimum atomic E-state index is -4.55. The van der Waals surface area contributed by atoms with E-state index in [0.29, 0.717) is 26.3 Å². The van der Waals surface area contributed by atoms with E-state index in [-0.39, 0.29) is 27.8 Å². The monoisotopic (exact) mass is 372 g/mol. The average molecular weight is 372 g/mol. The molecule has 0 aromatic heterocycles. The van der Waals surface area contributed by atoms with Gasteiger partial charge in [-0.05, 0) is 12.1 Å². The number of ether oxygens (including phenoxy) is 1. The Morgan fingerprint density at radius 3 is 2.60 bits per heavy atom. The van der Waals surface area contributed by atoms with Crippen LogP contribution in [0.15, 0.2) is 40.6 Å². The maximum atomic E-state index is 13.1. The molecule has 0 bridgehead atoms. The normalized spacial score (nSPS) is 20.4. The van der Waals surface area contributed by atoms with Crippen LogP contribution < -0.4 is 0 Å². The summed E-state index contributed by atoms with van der Waals surface area (Å²) in [5.74, 6) is -0.489. The van der Waals surface area contributed by atoms with Crippen LogP contribution in [0.25, 0.3) is 0 Å². The van der Waals surface area contributed by atoms with Gasteiger partial charge in [0.2, 0.25) is 0 Å². The summed E-state index contributed by atoms with van der Waals surface area (Å²) in [6.07, 6.45) is -4.55. The van der Waals surface area contributed by atoms with Gasteiger partial charge in [0.15, 0.2) is 0 Å². The molecule has 0 spiro atoms. The van der Waals surface area contributed by atoms with E-state index in [0.717, 1.165) is 17.8 Å². The smallest absolute Gasteiger partial charge is 0.418 e. The number of thioether (sulfide) groups is 1. The van der Waals surface area contributed by atoms with E-state index < -0.39 is 17.6 Å². The summed E-state index contributed by atoms with van der Waals surface area (Å²) in [7, 11) is 0. The molecule has 0 aliphatic carbocycles. The van der Waals surface area contributed by atoms with Gasteiger partial charge in [-0.25, -0.2) is 4.99 Å². The highest BCUT2D eigenvalue weighted by Crippen LogP contribution is 2.38. The average Bonchev–Trinajstić information content (AvgIpc) is 2.95. The van der Waals surface area contributed by atoms with Gasteiger partial charge in [-0.2, -0.15) is 13.2 Å². The van der Waals surface area contributed by atoms with Crippen molar-refractivity contribution in [1.29, 1.82) is 0 Å². The molecule has 1 saturated heterocycles. The largest absolute Gasteiger partial charge is 0.510 e. The quantitative estimate of drug-likeness (QED) is 0.866. The van der Waals surface area contributed by atoms with Crippen molar-refractivity contribution in [2.24, 2.45) is 4.99 Å². The number of carbonyl (C=O) groups is 1. The second-order valence-electron chi connectivity index (χ2n) is 5.45. The molecule has 1 fully saturated rings. The SMILES string of the molecule is O=C(C1=C(O)CSC1=Nc1ccccc1C(F)(F)F)N1CCOCC1. The molecule has 0 atom stereocenters. The van der Waals surface area contributed by atoms with Crippen LogP contribution in [0, 0.1) is 0 Å². The number of aliphatic hydroxyl groups excluding tert-OH is 1. The van der Waals surface area contributed by atoms with Crippen LogP contribution in [0.4, 0.5) is 18.9 Å². The summed E-state index contributed by atoms with van der Waals surface area (Å²) in [6.45, 7) is 1.51. The molecule has 9 heteroatoms. The fourth-order valence-corrected chi connectivity index (χ4v) is 3.48. The number of hydrogen-bond acceptors (Lipinski definition) is 5. The number of nitrogens with zero attached hydrogens (tertiary/aromatic N) is 2. The lowest BCUT2D eigenvalue weighted by Crippen LogP contribution is -2.42. The topological polar surface area (TPSA) is 62.1 Å². The summed E-state index contributed by atoms with van der Waals surface area (Å²) in [6, 6.07) is 4.90. The van der Waals surface area contributed by atoms with E-state index in [4.69, 9.17) is 4.74 Å². The number of rotatable bonds is 2. The van der Waals surface area contributed by atoms with E-state index >= 15 is 0 Å². The van der Waals surface area contributed by atoms with Gasteiger partial charge in [-0.15, -0.1) is 0 Å². The first-order valence-electron chi connectivity index (χ1n) is 7.55. The van der Waals surface area contributed by atoms with E-state index in [2.05, 4.69) is 4.99 Å². The maximum absolute atomic E-state index is 13.1. The first-order valence-corrected chi connectivity index (χ1v) is 8.53. The van der Waals surface area contributed by atoms with Crippen molar-refractivity contribution < 1.29 is 27.8 Å². The van der Waals surface area contributed by atoms with E-state index in [1.54, 1.807) is 0 Å². The molecule has 3 rings (SSSR count). The Morgan fingerprint density at radius 2 is 1.92 bits per heavy atom. The van der Waals surface area contributed by atoms with Crippen molar-refractivity contribution in [3.05, 3.63) is 41.2 Å². The summed E-state index contributed by atoms with van der Waals surface area (Å²) in [5.41, 5.74) is -1.18. The fourth-order valence-electron chi connectivity index (χ4n) is 2.55. The van der Waals surface area contributed by atoms with Crippen molar-refractivity contribution in [1.82, 2.24) is 4.90 Å². The van der Waals surface area contributed by atoms with Crippen LogP contribution in [0.2, 0.25) is 0 Å². The lowest BCUT2D eigenvalue weighted by molar-refractivity contribution is -0.137. The standard InChI is InChI=1S/C16H15F3N2O3S/c17-16(18,19)10-3-1-2-4-11(10)20-14-13(12(22)9-25-14)15(23)21-5-7-24-8-6-21/h1-4,22H,5-9H2. The number of amides is 1. The molecule has 2 heterocycles. The first-order chi connectivity index (χ1) is 11.9. The Bertz CT molecular complexity index is 740. The Labute approximate surface area is 146 Å². The van der Waals surface area contributed by atoms with Gasteiger partial charge in [-0.3, -0.25) is 4.79 Å². The Hall–Kier alpha value is -2.00. The zero-order valence-corrected chi connectivity index (χ0v) is 13.9. The predicted molar refractivity (Wildman–Crippen MR) is 88.1 cm³/mol. The molecule has 25 heavy (non-hydrogen) atoms. The van der Waals surface area contributed by atoms with Crippen LogP contribution in [0.1, 0.15) is 5.56 Å². The molecule has 1 amide bonds. The van der Waals surface area contributed by atoms with Crippen molar-refractivity contribution in [3.8, 4) is 0 Å². The van der Waals surface area contributed by atoms with Crippen molar-refractivity contribution >= 4 is 28.4 Å². The van der Waals surface area contributed by atoms with E-state index in [9.17, 15) is 23.1 Å². The third-order valence-corrected chi connectivity index (χ3v) is 4.78. The lowest BCUT2D eigenvalue weighted by Gasteiger charge is -2.27. The highest BCUT2D eigenvalue weighted by Gasteiger charge is 2.35. The summed E-state index contributed by atoms with van der Waals surface area (Å²) in [5, 5.41) is 10.1. The molecule has 1 aromatic rings. The highest BCUT2D eigenvalue weighted by atomic mass is 32.2. The number of alkyl halides is 3. The Morgan fingerprint density at radius 1 is 1.24 bits per heavy atom. The minimum absolute atomic E-state index is 0.0242. The second-order valence-corrected chi connectivity index (χ2v) is 6.41. The van der Waals surface area contributed by atoms with Gasteiger partial charge in [0.1, 0.15) is 16.4 Å². The molecule has 2 aliphatic rings. The summed E-state index contributed by atoms with van der Waals surface area (Å²) in [4.78, 5) is 18.2. The number of benzene rings is 1. The van der Waals surface area contributed by atoms with Gasteiger partial charge in [0.25, 0.3) is 5.91 Å². The van der Waals surface area contributed by atoms with Crippen molar-refractivity contribution in [2.75, 3.05) is 32.1 Å². The molecule has 5 nitrogen and oxygen atoms in total. The zero-order valence-electron chi connectivity index (χ0n) is 13.0. The predicted octanol–water partition coefficient (Wildman–Crippen LogP) is 3.15. The molecule has 1 aromatic carbocycles. The summed E-state index contributed by atoms with van der Waals surface area (Å²) < 4.78 is 44.5. The van der Waals surface area contributed by atoms with Crippen LogP contribution in [-0.4, -0.2) is 53.0 Å². The van der Waals surface area contributed by atoms with E-state index in [1.165, 1.54) is 23.1 Å². The third kappa shape index (κ3) is 3.82. The van der Waals surface area contributed by atoms with Crippen LogP contribution >= 0.6 is 11.8 Å². The second kappa shape index (κ2) is 7.09. The number of morpholine rings is 1. The number of para-hydroxylation sites is 1. The van der Waals surface area contributed by atoms with Gasteiger partial charge in [-0.1, -0.05) is 23.9 Å². The Balaban J connectivity index is 1.95. The highest BCUT2D eigenvalue weighted by molar-refractivity contribution is 8.15. The van der Waals surface area contributed by atoms with Crippen molar-refractivity contribution in [2.45, 2.75) is 6.18 Å². The third-order valence-electron chi connectivity index (χ3n) is 3.79. The minimum Gasteiger partial charge on any atom is -0.510 e. The van der Waals surface area contributed by atoms with Gasteiger partial charge in [0.05, 0.1) is 30.2 Å². The molecule has 1 N–H and O–H groups in total. The van der Waals surface area contributed by atoms with Crippen LogP contribution in [0.5, 0.6) is 0 Å². The van der Waals surface area contributed by atoms with Gasteiger partial charge in [0, 0.05) is 13.1 Å². The molecular formula is C16H15F3N2O3S. The number of aliphatic hydroxyl groups is 1. The van der Waals surface area contributed by atoms with Gasteiger partial charge < -0.3 is 14.7 Å². The zero-order chi connectivity index (χ0) is 18.0. The number of hydrogen-bond donors (Lipinski definition) is 1. The molecule has 0 radical (unpaired) electrons. The number of halogens is 3. The maximum Gasteiger partial charge on any atom is 0.418 e. The van der Waals surface area contributed by atoms with Gasteiger partial charge >= 0.3 is 6.18 Å². The first kappa shape index (κ1) is 17.8. The molecule has 2 aliphatic heterocycles. The fraction of sp³-hybridized carbons (Fsp3) is 0.375. The molecule has 0 unspecified atom stereocenters. The van der Waals surface area contributed by atoms with Crippen LogP contribution in [0.3, 0.4) is 0 Å². The number of carbonyl (C=O) groups excluding carboxylic acids is 1. The van der Waals surface area contributed by atoms with Crippen LogP contribution in [-0.2, 0) is 15.7 Å². The van der Waals surface area contributed by atoms with Crippen molar-refractivity contribution in [3.63, 3.8) is 0 Å². The summed E-state index contributed by atoms with van der Waals surface area (Å²) >= 11 is 1.04. The van der Waals surface area contributed by atoms with E-state index in [1.807, 2.05) is 0 Å².